The Bertz CT molecular complexity index is 495. The second kappa shape index (κ2) is 7.93. The molecule has 1 aliphatic rings. The summed E-state index contributed by atoms with van der Waals surface area (Å²) in [6.45, 7) is 2.39. The maximum atomic E-state index is 12.0. The van der Waals surface area contributed by atoms with Gasteiger partial charge in [0.1, 0.15) is 0 Å². The maximum Gasteiger partial charge on any atom is 0.317 e. The maximum absolute atomic E-state index is 12.0. The molecule has 4 nitrogen and oxygen atoms in total. The number of rotatable bonds is 3. The van der Waals surface area contributed by atoms with Gasteiger partial charge in [-0.2, -0.15) is 0 Å². The summed E-state index contributed by atoms with van der Waals surface area (Å²) in [5.41, 5.74) is 0.950. The minimum absolute atomic E-state index is 0.0333. The van der Waals surface area contributed by atoms with Crippen molar-refractivity contribution in [1.82, 2.24) is 10.2 Å². The van der Waals surface area contributed by atoms with Crippen molar-refractivity contribution in [3.63, 3.8) is 0 Å². The average molecular weight is 292 g/mol. The SMILES string of the molecule is O=C(NCc1cc(C#CCCO)cs1)N1CCCCC1. The van der Waals surface area contributed by atoms with Gasteiger partial charge in [-0.1, -0.05) is 11.8 Å². The fourth-order valence-electron chi connectivity index (χ4n) is 2.13. The van der Waals surface area contributed by atoms with E-state index in [0.29, 0.717) is 13.0 Å². The zero-order chi connectivity index (χ0) is 14.2. The number of likely N-dealkylation sites (tertiary alicyclic amines) is 1. The second-order valence-corrected chi connectivity index (χ2v) is 5.78. The zero-order valence-electron chi connectivity index (χ0n) is 11.5. The summed E-state index contributed by atoms with van der Waals surface area (Å²) in [6, 6.07) is 2.02. The van der Waals surface area contributed by atoms with Crippen LogP contribution in [0.1, 0.15) is 36.1 Å². The normalized spacial score (nSPS) is 14.6. The number of carbonyl (C=O) groups is 1. The highest BCUT2D eigenvalue weighted by Gasteiger charge is 2.15. The third kappa shape index (κ3) is 4.55. The van der Waals surface area contributed by atoms with Crippen molar-refractivity contribution in [2.24, 2.45) is 0 Å². The summed E-state index contributed by atoms with van der Waals surface area (Å²) in [4.78, 5) is 14.9. The zero-order valence-corrected chi connectivity index (χ0v) is 12.3. The summed E-state index contributed by atoms with van der Waals surface area (Å²) < 4.78 is 0. The molecule has 1 fully saturated rings. The molecule has 0 aromatic carbocycles. The van der Waals surface area contributed by atoms with Gasteiger partial charge in [-0.3, -0.25) is 0 Å². The van der Waals surface area contributed by atoms with Gasteiger partial charge in [-0.25, -0.2) is 4.79 Å². The van der Waals surface area contributed by atoms with E-state index in [1.165, 1.54) is 6.42 Å². The van der Waals surface area contributed by atoms with Crippen LogP contribution in [0.25, 0.3) is 0 Å². The molecular weight excluding hydrogens is 272 g/mol. The van der Waals surface area contributed by atoms with Crippen LogP contribution in [-0.4, -0.2) is 35.7 Å². The highest BCUT2D eigenvalue weighted by molar-refractivity contribution is 7.10. The number of piperidine rings is 1. The van der Waals surface area contributed by atoms with Crippen LogP contribution in [0, 0.1) is 11.8 Å². The minimum Gasteiger partial charge on any atom is -0.395 e. The summed E-state index contributed by atoms with van der Waals surface area (Å²) >= 11 is 1.60. The Kier molecular flexibility index (Phi) is 5.90. The molecule has 2 N–H and O–H groups in total. The van der Waals surface area contributed by atoms with Gasteiger partial charge in [0.25, 0.3) is 0 Å². The van der Waals surface area contributed by atoms with Gasteiger partial charge in [0.05, 0.1) is 13.2 Å². The quantitative estimate of drug-likeness (QED) is 0.839. The average Bonchev–Trinajstić information content (AvgIpc) is 2.94. The third-order valence-corrected chi connectivity index (χ3v) is 4.12. The van der Waals surface area contributed by atoms with Crippen molar-refractivity contribution in [1.29, 1.82) is 0 Å². The van der Waals surface area contributed by atoms with Crippen LogP contribution in [0.5, 0.6) is 0 Å². The van der Waals surface area contributed by atoms with Crippen LogP contribution in [0.15, 0.2) is 11.4 Å². The van der Waals surface area contributed by atoms with Crippen LogP contribution in [0.3, 0.4) is 0 Å². The van der Waals surface area contributed by atoms with E-state index < -0.39 is 0 Å². The molecule has 1 aromatic rings. The predicted octanol–water partition coefficient (Wildman–Crippen LogP) is 2.18. The Morgan fingerprint density at radius 3 is 2.95 bits per heavy atom. The number of nitrogens with one attached hydrogen (secondary N) is 1. The lowest BCUT2D eigenvalue weighted by molar-refractivity contribution is 0.186. The van der Waals surface area contributed by atoms with Crippen LogP contribution in [-0.2, 0) is 6.54 Å². The molecule has 0 spiro atoms. The van der Waals surface area contributed by atoms with E-state index in [0.717, 1.165) is 36.4 Å². The molecule has 2 heterocycles. The van der Waals surface area contributed by atoms with Gasteiger partial charge in [0.15, 0.2) is 0 Å². The van der Waals surface area contributed by atoms with E-state index in [4.69, 9.17) is 5.11 Å². The Labute approximate surface area is 123 Å². The van der Waals surface area contributed by atoms with Gasteiger partial charge in [0, 0.05) is 35.3 Å². The molecule has 20 heavy (non-hydrogen) atoms. The second-order valence-electron chi connectivity index (χ2n) is 4.78. The molecule has 5 heteroatoms. The van der Waals surface area contributed by atoms with Crippen LogP contribution in [0.2, 0.25) is 0 Å². The molecule has 0 radical (unpaired) electrons. The molecular formula is C15H20N2O2S. The highest BCUT2D eigenvalue weighted by atomic mass is 32.1. The highest BCUT2D eigenvalue weighted by Crippen LogP contribution is 2.14. The number of nitrogens with zero attached hydrogens (tertiary/aromatic N) is 1. The molecule has 108 valence electrons. The number of urea groups is 1. The van der Waals surface area contributed by atoms with Crippen molar-refractivity contribution in [3.8, 4) is 11.8 Å². The summed E-state index contributed by atoms with van der Waals surface area (Å²) in [5, 5.41) is 13.6. The van der Waals surface area contributed by atoms with E-state index in [1.807, 2.05) is 16.3 Å². The molecule has 0 aliphatic carbocycles. The molecule has 0 bridgehead atoms. The van der Waals surface area contributed by atoms with Crippen LogP contribution >= 0.6 is 11.3 Å². The lowest BCUT2D eigenvalue weighted by atomic mass is 10.1. The lowest BCUT2D eigenvalue weighted by Gasteiger charge is -2.26. The molecule has 0 saturated carbocycles. The Balaban J connectivity index is 1.79. The van der Waals surface area contributed by atoms with E-state index in [9.17, 15) is 4.79 Å². The Morgan fingerprint density at radius 2 is 2.20 bits per heavy atom. The van der Waals surface area contributed by atoms with Crippen molar-refractivity contribution in [3.05, 3.63) is 21.9 Å². The van der Waals surface area contributed by atoms with Gasteiger partial charge < -0.3 is 15.3 Å². The molecule has 1 saturated heterocycles. The lowest BCUT2D eigenvalue weighted by Crippen LogP contribution is -2.42. The fraction of sp³-hybridized carbons (Fsp3) is 0.533. The largest absolute Gasteiger partial charge is 0.395 e. The Morgan fingerprint density at radius 1 is 1.40 bits per heavy atom. The smallest absolute Gasteiger partial charge is 0.317 e. The standard InChI is InChI=1S/C15H20N2O2S/c18-9-5-2-6-13-10-14(20-12-13)11-16-15(19)17-7-3-1-4-8-17/h10,12,18H,1,3-5,7-9,11H2,(H,16,19). The fourth-order valence-corrected chi connectivity index (χ4v) is 2.89. The molecule has 0 atom stereocenters. The predicted molar refractivity (Wildman–Crippen MR) is 80.6 cm³/mol. The van der Waals surface area contributed by atoms with Crippen LogP contribution in [0.4, 0.5) is 4.79 Å². The van der Waals surface area contributed by atoms with Crippen molar-refractivity contribution >= 4 is 17.4 Å². The monoisotopic (exact) mass is 292 g/mol. The first-order valence-corrected chi connectivity index (χ1v) is 7.87. The number of thiophene rings is 1. The molecule has 1 aliphatic heterocycles. The summed E-state index contributed by atoms with van der Waals surface area (Å²) in [7, 11) is 0. The minimum atomic E-state index is 0.0333. The first-order valence-electron chi connectivity index (χ1n) is 6.99. The van der Waals surface area contributed by atoms with Gasteiger partial charge in [-0.05, 0) is 25.3 Å². The van der Waals surface area contributed by atoms with E-state index in [2.05, 4.69) is 17.2 Å². The third-order valence-electron chi connectivity index (χ3n) is 3.18. The Hall–Kier alpha value is -1.51. The van der Waals surface area contributed by atoms with E-state index in [-0.39, 0.29) is 12.6 Å². The number of aliphatic hydroxyl groups is 1. The van der Waals surface area contributed by atoms with Gasteiger partial charge in [0.2, 0.25) is 0 Å². The molecule has 2 amide bonds. The number of aliphatic hydroxyl groups excluding tert-OH is 1. The van der Waals surface area contributed by atoms with E-state index in [1.54, 1.807) is 11.3 Å². The van der Waals surface area contributed by atoms with Crippen molar-refractivity contribution < 1.29 is 9.90 Å². The van der Waals surface area contributed by atoms with E-state index >= 15 is 0 Å². The number of carbonyl (C=O) groups excluding carboxylic acids is 1. The topological polar surface area (TPSA) is 52.6 Å². The number of hydrogen-bond donors (Lipinski definition) is 2. The number of amides is 2. The van der Waals surface area contributed by atoms with Gasteiger partial charge >= 0.3 is 6.03 Å². The first kappa shape index (κ1) is 14.9. The molecule has 1 aromatic heterocycles. The van der Waals surface area contributed by atoms with Gasteiger partial charge in [-0.15, -0.1) is 11.3 Å². The molecule has 0 unspecified atom stereocenters. The van der Waals surface area contributed by atoms with Crippen molar-refractivity contribution in [2.75, 3.05) is 19.7 Å². The molecule has 2 rings (SSSR count). The van der Waals surface area contributed by atoms with Crippen molar-refractivity contribution in [2.45, 2.75) is 32.2 Å². The first-order chi connectivity index (χ1) is 9.79. The summed E-state index contributed by atoms with van der Waals surface area (Å²) in [6.07, 6.45) is 3.94. The number of hydrogen-bond acceptors (Lipinski definition) is 3. The summed E-state index contributed by atoms with van der Waals surface area (Å²) in [5.74, 6) is 5.89. The van der Waals surface area contributed by atoms with Crippen LogP contribution < -0.4 is 5.32 Å².